The van der Waals surface area contributed by atoms with Gasteiger partial charge in [0.1, 0.15) is 0 Å². The lowest BCUT2D eigenvalue weighted by Crippen LogP contribution is -2.46. The topological polar surface area (TPSA) is 56.7 Å². The maximum absolute atomic E-state index is 12.1. The van der Waals surface area contributed by atoms with Crippen LogP contribution in [0.1, 0.15) is 39.2 Å². The van der Waals surface area contributed by atoms with Gasteiger partial charge in [-0.1, -0.05) is 55.3 Å². The molecule has 0 saturated carbocycles. The van der Waals surface area contributed by atoms with Crippen molar-refractivity contribution in [1.29, 1.82) is 0 Å². The van der Waals surface area contributed by atoms with Crippen molar-refractivity contribution < 1.29 is 4.79 Å². The number of hydrogen-bond donors (Lipinski definition) is 2. The van der Waals surface area contributed by atoms with Gasteiger partial charge in [0.25, 0.3) is 0 Å². The first-order chi connectivity index (χ1) is 12.9. The maximum atomic E-state index is 12.1. The zero-order valence-electron chi connectivity index (χ0n) is 17.4. The number of rotatable bonds is 7. The van der Waals surface area contributed by atoms with Gasteiger partial charge in [0, 0.05) is 43.1 Å². The summed E-state index contributed by atoms with van der Waals surface area (Å²) < 4.78 is 1.13. The Morgan fingerprint density at radius 2 is 2.14 bits per heavy atom. The smallest absolute Gasteiger partial charge is 0.225 e. The average molecular weight is 565 g/mol. The molecule has 0 radical (unpaired) electrons. The number of amides is 1. The predicted octanol–water partition coefficient (Wildman–Crippen LogP) is 4.06. The second-order valence-corrected chi connectivity index (χ2v) is 8.55. The zero-order chi connectivity index (χ0) is 19.8. The largest absolute Gasteiger partial charge is 0.356 e. The average Bonchev–Trinajstić information content (AvgIpc) is 3.11. The predicted molar refractivity (Wildman–Crippen MR) is 131 cm³/mol. The molecule has 1 aliphatic rings. The van der Waals surface area contributed by atoms with Gasteiger partial charge in [-0.15, -0.1) is 24.0 Å². The Labute approximate surface area is 195 Å². The van der Waals surface area contributed by atoms with Crippen LogP contribution in [0.2, 0.25) is 0 Å². The van der Waals surface area contributed by atoms with E-state index in [4.69, 9.17) is 0 Å². The highest BCUT2D eigenvalue weighted by Gasteiger charge is 2.28. The molecule has 2 rings (SSSR count). The lowest BCUT2D eigenvalue weighted by atomic mass is 9.97. The van der Waals surface area contributed by atoms with Crippen LogP contribution in [-0.4, -0.2) is 49.5 Å². The van der Waals surface area contributed by atoms with E-state index in [0.29, 0.717) is 5.92 Å². The second kappa shape index (κ2) is 12.7. The van der Waals surface area contributed by atoms with E-state index in [-0.39, 0.29) is 41.8 Å². The number of likely N-dealkylation sites (tertiary alicyclic amines) is 1. The van der Waals surface area contributed by atoms with Crippen molar-refractivity contribution in [2.24, 2.45) is 16.8 Å². The molecule has 0 bridgehead atoms. The molecule has 1 amide bonds. The van der Waals surface area contributed by atoms with Gasteiger partial charge in [-0.3, -0.25) is 9.79 Å². The van der Waals surface area contributed by atoms with Crippen molar-refractivity contribution in [2.75, 3.05) is 26.7 Å². The Morgan fingerprint density at radius 1 is 1.39 bits per heavy atom. The summed E-state index contributed by atoms with van der Waals surface area (Å²) in [6.07, 6.45) is 3.12. The molecule has 2 N–H and O–H groups in total. The van der Waals surface area contributed by atoms with E-state index in [1.54, 1.807) is 7.05 Å². The first-order valence-corrected chi connectivity index (χ1v) is 10.7. The molecule has 1 fully saturated rings. The first-order valence-electron chi connectivity index (χ1n) is 9.93. The Balaban J connectivity index is 0.00000392. The number of halogens is 2. The Kier molecular flexibility index (Phi) is 11.4. The van der Waals surface area contributed by atoms with Crippen LogP contribution >= 0.6 is 39.9 Å². The standard InChI is InChI=1S/C21H33BrN4O.HI/c1-5-16(11-17-7-6-8-18(22)12-17)13-24-21(23-4)25-19-9-10-26(14-19)20(27)15(2)3;/h6-8,12,15-16,19H,5,9-11,13-14H2,1-4H3,(H2,23,24,25);1H. The van der Waals surface area contributed by atoms with E-state index in [1.807, 2.05) is 18.7 Å². The third-order valence-corrected chi connectivity index (χ3v) is 5.60. The molecule has 1 saturated heterocycles. The van der Waals surface area contributed by atoms with Gasteiger partial charge in [-0.05, 0) is 36.5 Å². The van der Waals surface area contributed by atoms with Crippen molar-refractivity contribution in [3.05, 3.63) is 34.3 Å². The molecular weight excluding hydrogens is 531 g/mol. The van der Waals surface area contributed by atoms with E-state index < -0.39 is 0 Å². The third-order valence-electron chi connectivity index (χ3n) is 5.11. The molecule has 7 heteroatoms. The molecular formula is C21H34BrIN4O. The van der Waals surface area contributed by atoms with E-state index in [9.17, 15) is 4.79 Å². The van der Waals surface area contributed by atoms with Crippen molar-refractivity contribution in [1.82, 2.24) is 15.5 Å². The third kappa shape index (κ3) is 7.89. The van der Waals surface area contributed by atoms with Crippen LogP contribution in [0.5, 0.6) is 0 Å². The molecule has 2 atom stereocenters. The van der Waals surface area contributed by atoms with Gasteiger partial charge < -0.3 is 15.5 Å². The fourth-order valence-electron chi connectivity index (χ4n) is 3.43. The normalized spacial score (nSPS) is 18.0. The number of benzene rings is 1. The van der Waals surface area contributed by atoms with Gasteiger partial charge in [-0.25, -0.2) is 0 Å². The summed E-state index contributed by atoms with van der Waals surface area (Å²) in [5.74, 6) is 1.67. The van der Waals surface area contributed by atoms with E-state index in [1.165, 1.54) is 5.56 Å². The zero-order valence-corrected chi connectivity index (χ0v) is 21.3. The number of hydrogen-bond acceptors (Lipinski definition) is 2. The van der Waals surface area contributed by atoms with E-state index in [2.05, 4.69) is 62.7 Å². The van der Waals surface area contributed by atoms with Gasteiger partial charge >= 0.3 is 0 Å². The maximum Gasteiger partial charge on any atom is 0.225 e. The molecule has 1 heterocycles. The number of aliphatic imine (C=N–C) groups is 1. The van der Waals surface area contributed by atoms with Crippen molar-refractivity contribution in [3.8, 4) is 0 Å². The Hall–Kier alpha value is -0.830. The monoisotopic (exact) mass is 564 g/mol. The Bertz CT molecular complexity index is 653. The van der Waals surface area contributed by atoms with Crippen LogP contribution < -0.4 is 10.6 Å². The number of carbonyl (C=O) groups excluding carboxylic acids is 1. The minimum atomic E-state index is 0. The summed E-state index contributed by atoms with van der Waals surface area (Å²) in [5, 5.41) is 6.95. The highest BCUT2D eigenvalue weighted by atomic mass is 127. The van der Waals surface area contributed by atoms with E-state index >= 15 is 0 Å². The summed E-state index contributed by atoms with van der Waals surface area (Å²) in [7, 11) is 1.80. The van der Waals surface area contributed by atoms with Gasteiger partial charge in [0.05, 0.1) is 0 Å². The quantitative estimate of drug-likeness (QED) is 0.298. The van der Waals surface area contributed by atoms with Crippen LogP contribution in [0.4, 0.5) is 0 Å². The number of carbonyl (C=O) groups is 1. The minimum absolute atomic E-state index is 0. The van der Waals surface area contributed by atoms with Crippen molar-refractivity contribution in [2.45, 2.75) is 46.1 Å². The number of nitrogens with one attached hydrogen (secondary N) is 2. The van der Waals surface area contributed by atoms with Crippen molar-refractivity contribution in [3.63, 3.8) is 0 Å². The van der Waals surface area contributed by atoms with Crippen LogP contribution in [-0.2, 0) is 11.2 Å². The molecule has 0 aromatic heterocycles. The van der Waals surface area contributed by atoms with Crippen LogP contribution in [0.15, 0.2) is 33.7 Å². The second-order valence-electron chi connectivity index (χ2n) is 7.63. The number of nitrogens with zero attached hydrogens (tertiary/aromatic N) is 2. The van der Waals surface area contributed by atoms with Gasteiger partial charge in [0.2, 0.25) is 5.91 Å². The summed E-state index contributed by atoms with van der Waals surface area (Å²) in [4.78, 5) is 18.5. The molecule has 28 heavy (non-hydrogen) atoms. The highest BCUT2D eigenvalue weighted by molar-refractivity contribution is 14.0. The van der Waals surface area contributed by atoms with E-state index in [0.717, 1.165) is 49.3 Å². The molecule has 0 aliphatic carbocycles. The molecule has 1 aromatic carbocycles. The van der Waals surface area contributed by atoms with Crippen LogP contribution in [0.25, 0.3) is 0 Å². The Morgan fingerprint density at radius 3 is 2.75 bits per heavy atom. The summed E-state index contributed by atoms with van der Waals surface area (Å²) in [6.45, 7) is 8.61. The lowest BCUT2D eigenvalue weighted by Gasteiger charge is -2.22. The summed E-state index contributed by atoms with van der Waals surface area (Å²) in [5.41, 5.74) is 1.35. The van der Waals surface area contributed by atoms with Gasteiger partial charge in [-0.2, -0.15) is 0 Å². The SMILES string of the molecule is CCC(CNC(=NC)NC1CCN(C(=O)C(C)C)C1)Cc1cccc(Br)c1.I. The molecule has 5 nitrogen and oxygen atoms in total. The van der Waals surface area contributed by atoms with Gasteiger partial charge in [0.15, 0.2) is 5.96 Å². The fourth-order valence-corrected chi connectivity index (χ4v) is 3.88. The fraction of sp³-hybridized carbons (Fsp3) is 0.619. The summed E-state index contributed by atoms with van der Waals surface area (Å²) in [6, 6.07) is 8.78. The first kappa shape index (κ1) is 25.2. The van der Waals surface area contributed by atoms with Crippen molar-refractivity contribution >= 4 is 51.8 Å². The minimum Gasteiger partial charge on any atom is -0.356 e. The number of guanidine groups is 1. The lowest BCUT2D eigenvalue weighted by molar-refractivity contribution is -0.133. The van der Waals surface area contributed by atoms with Crippen LogP contribution in [0, 0.1) is 11.8 Å². The molecule has 1 aromatic rings. The molecule has 158 valence electrons. The summed E-state index contributed by atoms with van der Waals surface area (Å²) >= 11 is 3.55. The molecule has 1 aliphatic heterocycles. The molecule has 0 spiro atoms. The highest BCUT2D eigenvalue weighted by Crippen LogP contribution is 2.17. The van der Waals surface area contributed by atoms with Crippen LogP contribution in [0.3, 0.4) is 0 Å². The molecule has 2 unspecified atom stereocenters.